The molecule has 1 atom stereocenters. The van der Waals surface area contributed by atoms with Gasteiger partial charge >= 0.3 is 0 Å². The van der Waals surface area contributed by atoms with Crippen molar-refractivity contribution in [3.63, 3.8) is 0 Å². The molecule has 0 spiro atoms. The maximum atomic E-state index is 11.8. The minimum absolute atomic E-state index is 0.187. The first-order valence-corrected chi connectivity index (χ1v) is 6.32. The van der Waals surface area contributed by atoms with Gasteiger partial charge in [-0.25, -0.2) is 0 Å². The molecule has 1 heterocycles. The van der Waals surface area contributed by atoms with Crippen LogP contribution in [0.4, 0.5) is 0 Å². The summed E-state index contributed by atoms with van der Waals surface area (Å²) < 4.78 is 0. The van der Waals surface area contributed by atoms with Gasteiger partial charge in [0.15, 0.2) is 0 Å². The summed E-state index contributed by atoms with van der Waals surface area (Å²) in [5, 5.41) is 0. The molecule has 0 radical (unpaired) electrons. The van der Waals surface area contributed by atoms with E-state index in [0.29, 0.717) is 0 Å². The highest BCUT2D eigenvalue weighted by molar-refractivity contribution is 5.82. The maximum absolute atomic E-state index is 11.8. The van der Waals surface area contributed by atoms with Crippen molar-refractivity contribution in [2.24, 2.45) is 11.7 Å². The van der Waals surface area contributed by atoms with Gasteiger partial charge < -0.3 is 10.6 Å². The summed E-state index contributed by atoms with van der Waals surface area (Å²) in [6.45, 7) is 1.90. The van der Waals surface area contributed by atoms with Crippen LogP contribution in [0.5, 0.6) is 0 Å². The predicted octanol–water partition coefficient (Wildman–Crippen LogP) is 1.52. The van der Waals surface area contributed by atoms with Crippen molar-refractivity contribution in [3.05, 3.63) is 0 Å². The summed E-state index contributed by atoms with van der Waals surface area (Å²) in [4.78, 5) is 13.8. The predicted molar refractivity (Wildman–Crippen MR) is 60.4 cm³/mol. The van der Waals surface area contributed by atoms with Crippen LogP contribution in [0, 0.1) is 5.92 Å². The molecule has 0 aromatic heterocycles. The molecular formula is C12H22N2O. The van der Waals surface area contributed by atoms with Crippen LogP contribution >= 0.6 is 0 Å². The fourth-order valence-corrected chi connectivity index (χ4v) is 2.83. The van der Waals surface area contributed by atoms with Crippen molar-refractivity contribution in [1.82, 2.24) is 4.90 Å². The highest BCUT2D eigenvalue weighted by Crippen LogP contribution is 2.25. The van der Waals surface area contributed by atoms with Gasteiger partial charge in [-0.1, -0.05) is 19.3 Å². The van der Waals surface area contributed by atoms with E-state index in [1.54, 1.807) is 0 Å². The Kier molecular flexibility index (Phi) is 3.62. The monoisotopic (exact) mass is 210 g/mol. The van der Waals surface area contributed by atoms with Gasteiger partial charge in [0.05, 0.1) is 6.04 Å². The lowest BCUT2D eigenvalue weighted by Crippen LogP contribution is -2.49. The molecule has 0 bridgehead atoms. The van der Waals surface area contributed by atoms with Crippen molar-refractivity contribution < 1.29 is 4.79 Å². The second-order valence-corrected chi connectivity index (χ2v) is 5.04. The number of amides is 1. The van der Waals surface area contributed by atoms with Gasteiger partial charge in [0.25, 0.3) is 0 Å². The molecule has 1 saturated carbocycles. The Bertz CT molecular complexity index is 224. The number of piperidine rings is 1. The zero-order chi connectivity index (χ0) is 10.7. The Morgan fingerprint density at radius 3 is 2.60 bits per heavy atom. The van der Waals surface area contributed by atoms with Crippen LogP contribution in [0.2, 0.25) is 0 Å². The number of carbonyl (C=O) groups excluding carboxylic acids is 1. The molecule has 3 nitrogen and oxygen atoms in total. The first-order chi connectivity index (χ1) is 7.27. The van der Waals surface area contributed by atoms with Crippen molar-refractivity contribution in [1.29, 1.82) is 0 Å². The normalized spacial score (nSPS) is 29.5. The Balaban J connectivity index is 1.84. The summed E-state index contributed by atoms with van der Waals surface area (Å²) in [7, 11) is 0. The number of hydrogen-bond acceptors (Lipinski definition) is 2. The molecule has 2 rings (SSSR count). The van der Waals surface area contributed by atoms with E-state index in [1.807, 2.05) is 4.90 Å². The molecule has 0 aromatic carbocycles. The van der Waals surface area contributed by atoms with E-state index in [9.17, 15) is 4.79 Å². The number of likely N-dealkylation sites (tertiary alicyclic amines) is 1. The average Bonchev–Trinajstić information content (AvgIpc) is 2.26. The van der Waals surface area contributed by atoms with Crippen LogP contribution in [0.25, 0.3) is 0 Å². The lowest BCUT2D eigenvalue weighted by atomic mass is 9.88. The average molecular weight is 210 g/mol. The molecule has 1 aliphatic carbocycles. The lowest BCUT2D eigenvalue weighted by Gasteiger charge is -2.34. The Hall–Kier alpha value is -0.570. The van der Waals surface area contributed by atoms with Crippen molar-refractivity contribution in [2.75, 3.05) is 13.1 Å². The van der Waals surface area contributed by atoms with Gasteiger partial charge in [-0.2, -0.15) is 0 Å². The lowest BCUT2D eigenvalue weighted by molar-refractivity contribution is -0.135. The topological polar surface area (TPSA) is 46.3 Å². The summed E-state index contributed by atoms with van der Waals surface area (Å²) in [5.74, 6) is 0.930. The molecule has 1 aliphatic heterocycles. The van der Waals surface area contributed by atoms with Crippen LogP contribution in [0.1, 0.15) is 44.9 Å². The second-order valence-electron chi connectivity index (χ2n) is 5.04. The standard InChI is InChI=1S/C12H22N2O/c13-11-7-4-8-14(12(11)15)9-10-5-2-1-3-6-10/h10-11H,1-9,13H2/t11-/m0/s1. The third-order valence-electron chi connectivity index (χ3n) is 3.78. The van der Waals surface area contributed by atoms with Gasteiger partial charge in [0, 0.05) is 13.1 Å². The molecule has 86 valence electrons. The Morgan fingerprint density at radius 1 is 1.13 bits per heavy atom. The minimum Gasteiger partial charge on any atom is -0.341 e. The molecular weight excluding hydrogens is 188 g/mol. The number of carbonyl (C=O) groups is 1. The molecule has 2 fully saturated rings. The van der Waals surface area contributed by atoms with Crippen molar-refractivity contribution in [2.45, 2.75) is 51.0 Å². The third-order valence-corrected chi connectivity index (χ3v) is 3.78. The van der Waals surface area contributed by atoms with Crippen LogP contribution in [-0.2, 0) is 4.79 Å². The quantitative estimate of drug-likeness (QED) is 0.751. The zero-order valence-electron chi connectivity index (χ0n) is 9.45. The number of nitrogens with zero attached hydrogens (tertiary/aromatic N) is 1. The van der Waals surface area contributed by atoms with Gasteiger partial charge in [-0.3, -0.25) is 4.79 Å². The summed E-state index contributed by atoms with van der Waals surface area (Å²) in [5.41, 5.74) is 5.78. The maximum Gasteiger partial charge on any atom is 0.239 e. The van der Waals surface area contributed by atoms with Crippen molar-refractivity contribution >= 4 is 5.91 Å². The molecule has 1 amide bonds. The highest BCUT2D eigenvalue weighted by Gasteiger charge is 2.27. The van der Waals surface area contributed by atoms with E-state index in [0.717, 1.165) is 31.8 Å². The van der Waals surface area contributed by atoms with Gasteiger partial charge in [-0.05, 0) is 31.6 Å². The van der Waals surface area contributed by atoms with E-state index in [-0.39, 0.29) is 11.9 Å². The van der Waals surface area contributed by atoms with E-state index < -0.39 is 0 Å². The SMILES string of the molecule is N[C@H]1CCCN(CC2CCCCC2)C1=O. The number of rotatable bonds is 2. The van der Waals surface area contributed by atoms with E-state index in [2.05, 4.69) is 0 Å². The molecule has 3 heteroatoms. The largest absolute Gasteiger partial charge is 0.341 e. The molecule has 0 unspecified atom stereocenters. The smallest absolute Gasteiger partial charge is 0.239 e. The van der Waals surface area contributed by atoms with Crippen LogP contribution in [-0.4, -0.2) is 29.9 Å². The Labute approximate surface area is 92.0 Å². The van der Waals surface area contributed by atoms with Gasteiger partial charge in [0.1, 0.15) is 0 Å². The van der Waals surface area contributed by atoms with Gasteiger partial charge in [-0.15, -0.1) is 0 Å². The van der Waals surface area contributed by atoms with E-state index in [1.165, 1.54) is 32.1 Å². The van der Waals surface area contributed by atoms with Crippen LogP contribution in [0.3, 0.4) is 0 Å². The number of hydrogen-bond donors (Lipinski definition) is 1. The molecule has 15 heavy (non-hydrogen) atoms. The van der Waals surface area contributed by atoms with E-state index >= 15 is 0 Å². The summed E-state index contributed by atoms with van der Waals surface area (Å²) >= 11 is 0. The first-order valence-electron chi connectivity index (χ1n) is 6.32. The first kappa shape index (κ1) is 10.9. The van der Waals surface area contributed by atoms with Crippen LogP contribution < -0.4 is 5.73 Å². The van der Waals surface area contributed by atoms with Crippen LogP contribution in [0.15, 0.2) is 0 Å². The molecule has 0 aromatic rings. The number of nitrogens with two attached hydrogens (primary N) is 1. The fraction of sp³-hybridized carbons (Fsp3) is 0.917. The third kappa shape index (κ3) is 2.71. The second kappa shape index (κ2) is 4.97. The summed E-state index contributed by atoms with van der Waals surface area (Å²) in [6.07, 6.45) is 8.64. The minimum atomic E-state index is -0.220. The van der Waals surface area contributed by atoms with Crippen molar-refractivity contribution in [3.8, 4) is 0 Å². The molecule has 2 N–H and O–H groups in total. The highest BCUT2D eigenvalue weighted by atomic mass is 16.2. The molecule has 2 aliphatic rings. The van der Waals surface area contributed by atoms with E-state index in [4.69, 9.17) is 5.73 Å². The Morgan fingerprint density at radius 2 is 1.87 bits per heavy atom. The zero-order valence-corrected chi connectivity index (χ0v) is 9.45. The summed E-state index contributed by atoms with van der Waals surface area (Å²) in [6, 6.07) is -0.220. The fourth-order valence-electron chi connectivity index (χ4n) is 2.83. The molecule has 1 saturated heterocycles. The van der Waals surface area contributed by atoms with Gasteiger partial charge in [0.2, 0.25) is 5.91 Å².